The van der Waals surface area contributed by atoms with E-state index >= 15 is 0 Å². The van der Waals surface area contributed by atoms with Crippen molar-refractivity contribution in [3.05, 3.63) is 70.8 Å². The van der Waals surface area contributed by atoms with Crippen molar-refractivity contribution in [1.29, 1.82) is 0 Å². The second-order valence-corrected chi connectivity index (χ2v) is 11.6. The fourth-order valence-corrected chi connectivity index (χ4v) is 6.68. The second-order valence-electron chi connectivity index (χ2n) is 11.6. The molecule has 1 unspecified atom stereocenters. The van der Waals surface area contributed by atoms with Gasteiger partial charge >= 0.3 is 6.09 Å². The summed E-state index contributed by atoms with van der Waals surface area (Å²) in [5.41, 5.74) is 5.28. The van der Waals surface area contributed by atoms with E-state index in [1.54, 1.807) is 0 Å². The average molecular weight is 490 g/mol. The number of hydrogen-bond donors (Lipinski definition) is 1. The molecule has 0 aromatic heterocycles. The van der Waals surface area contributed by atoms with Gasteiger partial charge in [-0.3, -0.25) is 9.69 Å². The van der Waals surface area contributed by atoms with E-state index in [4.69, 9.17) is 0 Å². The predicted molar refractivity (Wildman–Crippen MR) is 141 cm³/mol. The van der Waals surface area contributed by atoms with E-state index in [0.29, 0.717) is 25.6 Å². The molecule has 2 saturated heterocycles. The Balaban J connectivity index is 1.37. The maximum absolute atomic E-state index is 13.8. The van der Waals surface area contributed by atoms with Gasteiger partial charge < -0.3 is 14.9 Å². The number of rotatable bonds is 5. The number of piperazine rings is 1. The summed E-state index contributed by atoms with van der Waals surface area (Å²) in [5, 5.41) is 9.33. The molecule has 2 amide bonds. The summed E-state index contributed by atoms with van der Waals surface area (Å²) >= 11 is 0. The van der Waals surface area contributed by atoms with Crippen LogP contribution in [0.3, 0.4) is 0 Å². The van der Waals surface area contributed by atoms with Crippen molar-refractivity contribution in [3.8, 4) is 0 Å². The zero-order valence-corrected chi connectivity index (χ0v) is 21.8. The van der Waals surface area contributed by atoms with Crippen LogP contribution in [0, 0.1) is 12.3 Å². The Morgan fingerprint density at radius 2 is 1.72 bits per heavy atom. The Hall–Kier alpha value is -2.86. The summed E-state index contributed by atoms with van der Waals surface area (Å²) in [6, 6.07) is 17.5. The summed E-state index contributed by atoms with van der Waals surface area (Å²) in [6.45, 7) is 9.84. The molecular weight excluding hydrogens is 450 g/mol. The summed E-state index contributed by atoms with van der Waals surface area (Å²) in [4.78, 5) is 31.2. The van der Waals surface area contributed by atoms with Gasteiger partial charge in [0.25, 0.3) is 0 Å². The van der Waals surface area contributed by atoms with Crippen LogP contribution < -0.4 is 0 Å². The predicted octanol–water partition coefficient (Wildman–Crippen LogP) is 5.43. The lowest BCUT2D eigenvalue weighted by atomic mass is 9.59. The fraction of sp³-hybridized carbons (Fsp3) is 0.533. The normalized spacial score (nSPS) is 22.8. The molecule has 3 fully saturated rings. The minimum atomic E-state index is -0.814. The third-order valence-corrected chi connectivity index (χ3v) is 8.74. The molecule has 1 atom stereocenters. The van der Waals surface area contributed by atoms with Gasteiger partial charge in [0.2, 0.25) is 5.91 Å². The van der Waals surface area contributed by atoms with Gasteiger partial charge in [0, 0.05) is 32.2 Å². The topological polar surface area (TPSA) is 64.1 Å². The van der Waals surface area contributed by atoms with Gasteiger partial charge in [0.1, 0.15) is 0 Å². The number of amides is 2. The molecule has 1 aliphatic carbocycles. The van der Waals surface area contributed by atoms with E-state index in [2.05, 4.69) is 79.1 Å². The Kier molecular flexibility index (Phi) is 6.82. The first-order chi connectivity index (χ1) is 17.2. The number of aryl methyl sites for hydroxylation is 1. The lowest BCUT2D eigenvalue weighted by Crippen LogP contribution is -2.62. The van der Waals surface area contributed by atoms with Crippen LogP contribution in [-0.4, -0.2) is 64.0 Å². The largest absolute Gasteiger partial charge is 0.465 e. The minimum absolute atomic E-state index is 0.0387. The Bertz CT molecular complexity index is 1100. The highest BCUT2D eigenvalue weighted by Crippen LogP contribution is 2.53. The third kappa shape index (κ3) is 4.88. The van der Waals surface area contributed by atoms with Crippen LogP contribution in [0.15, 0.2) is 48.5 Å². The maximum atomic E-state index is 13.8. The van der Waals surface area contributed by atoms with E-state index < -0.39 is 6.09 Å². The standard InChI is InChI=1S/C30H39N3O3/c1-21(2)25-6-4-5-7-26(25)27-19-31(18-23-10-8-22(3)9-11-23)20-28(34)33(27)24-16-30(17-24)12-14-32(15-13-30)29(35)36/h4-11,21,24,27H,12-20H2,1-3H3,(H,35,36). The lowest BCUT2D eigenvalue weighted by Gasteiger charge is -2.58. The van der Waals surface area contributed by atoms with E-state index in [1.807, 2.05) is 0 Å². The van der Waals surface area contributed by atoms with Gasteiger partial charge in [0.15, 0.2) is 0 Å². The van der Waals surface area contributed by atoms with E-state index in [1.165, 1.54) is 27.2 Å². The van der Waals surface area contributed by atoms with Crippen molar-refractivity contribution in [2.24, 2.45) is 5.41 Å². The highest BCUT2D eigenvalue weighted by molar-refractivity contribution is 5.80. The molecule has 5 rings (SSSR count). The van der Waals surface area contributed by atoms with Crippen molar-refractivity contribution in [2.75, 3.05) is 26.2 Å². The van der Waals surface area contributed by atoms with E-state index in [-0.39, 0.29) is 23.4 Å². The van der Waals surface area contributed by atoms with Crippen LogP contribution in [0.1, 0.15) is 73.7 Å². The molecule has 2 aromatic rings. The summed E-state index contributed by atoms with van der Waals surface area (Å²) < 4.78 is 0. The number of carbonyl (C=O) groups is 2. The molecule has 6 heteroatoms. The Labute approximate surface area is 214 Å². The quantitative estimate of drug-likeness (QED) is 0.609. The van der Waals surface area contributed by atoms with Crippen LogP contribution in [-0.2, 0) is 11.3 Å². The first-order valence-electron chi connectivity index (χ1n) is 13.4. The molecule has 6 nitrogen and oxygen atoms in total. The Morgan fingerprint density at radius 3 is 2.36 bits per heavy atom. The minimum Gasteiger partial charge on any atom is -0.465 e. The van der Waals surface area contributed by atoms with Crippen LogP contribution in [0.4, 0.5) is 4.79 Å². The number of benzene rings is 2. The number of hydrogen-bond acceptors (Lipinski definition) is 3. The van der Waals surface area contributed by atoms with Crippen LogP contribution >= 0.6 is 0 Å². The molecule has 1 N–H and O–H groups in total. The first-order valence-corrected chi connectivity index (χ1v) is 13.4. The Morgan fingerprint density at radius 1 is 1.06 bits per heavy atom. The molecule has 36 heavy (non-hydrogen) atoms. The highest BCUT2D eigenvalue weighted by atomic mass is 16.4. The van der Waals surface area contributed by atoms with Gasteiger partial charge in [-0.1, -0.05) is 67.9 Å². The summed E-state index contributed by atoms with van der Waals surface area (Å²) in [5.74, 6) is 0.610. The second kappa shape index (κ2) is 9.89. The van der Waals surface area contributed by atoms with Crippen LogP contribution in [0.25, 0.3) is 0 Å². The molecule has 0 bridgehead atoms. The number of likely N-dealkylation sites (tertiary alicyclic amines) is 1. The molecule has 1 saturated carbocycles. The van der Waals surface area contributed by atoms with Gasteiger partial charge in [0.05, 0.1) is 12.6 Å². The number of nitrogens with zero attached hydrogens (tertiary/aromatic N) is 3. The van der Waals surface area contributed by atoms with Gasteiger partial charge in [-0.05, 0) is 60.6 Å². The molecule has 3 aliphatic rings. The van der Waals surface area contributed by atoms with E-state index in [9.17, 15) is 14.7 Å². The first kappa shape index (κ1) is 24.8. The lowest BCUT2D eigenvalue weighted by molar-refractivity contribution is -0.153. The van der Waals surface area contributed by atoms with Crippen molar-refractivity contribution >= 4 is 12.0 Å². The summed E-state index contributed by atoms with van der Waals surface area (Å²) in [6.07, 6.45) is 2.98. The number of piperidine rings is 1. The van der Waals surface area contributed by atoms with Gasteiger partial charge in [-0.2, -0.15) is 0 Å². The van der Waals surface area contributed by atoms with Crippen molar-refractivity contribution in [2.45, 2.75) is 71.0 Å². The molecule has 2 aromatic carbocycles. The maximum Gasteiger partial charge on any atom is 0.407 e. The molecular formula is C30H39N3O3. The van der Waals surface area contributed by atoms with Crippen molar-refractivity contribution < 1.29 is 14.7 Å². The molecule has 2 aliphatic heterocycles. The van der Waals surface area contributed by atoms with Gasteiger partial charge in [-0.15, -0.1) is 0 Å². The third-order valence-electron chi connectivity index (χ3n) is 8.74. The molecule has 2 heterocycles. The van der Waals surface area contributed by atoms with Crippen molar-refractivity contribution in [3.63, 3.8) is 0 Å². The SMILES string of the molecule is Cc1ccc(CN2CC(=O)N(C3CC4(CCN(C(=O)O)CC4)C3)C(c3ccccc3C(C)C)C2)cc1. The zero-order chi connectivity index (χ0) is 25.4. The van der Waals surface area contributed by atoms with Gasteiger partial charge in [-0.25, -0.2) is 4.79 Å². The molecule has 1 spiro atoms. The van der Waals surface area contributed by atoms with Crippen molar-refractivity contribution in [1.82, 2.24) is 14.7 Å². The highest BCUT2D eigenvalue weighted by Gasteiger charge is 2.52. The average Bonchev–Trinajstić information content (AvgIpc) is 2.84. The number of carbonyl (C=O) groups excluding carboxylic acids is 1. The summed E-state index contributed by atoms with van der Waals surface area (Å²) in [7, 11) is 0. The molecule has 192 valence electrons. The van der Waals surface area contributed by atoms with Crippen LogP contribution in [0.2, 0.25) is 0 Å². The smallest absolute Gasteiger partial charge is 0.407 e. The monoisotopic (exact) mass is 489 g/mol. The fourth-order valence-electron chi connectivity index (χ4n) is 6.68. The zero-order valence-electron chi connectivity index (χ0n) is 21.8. The number of carboxylic acid groups (broad SMARTS) is 1. The van der Waals surface area contributed by atoms with Crippen LogP contribution in [0.5, 0.6) is 0 Å². The molecule has 0 radical (unpaired) electrons. The van der Waals surface area contributed by atoms with E-state index in [0.717, 1.165) is 38.8 Å².